The molecule has 1 aromatic heterocycles. The van der Waals surface area contributed by atoms with Gasteiger partial charge in [-0.15, -0.1) is 0 Å². The van der Waals surface area contributed by atoms with E-state index in [-0.39, 0.29) is 0 Å². The highest BCUT2D eigenvalue weighted by molar-refractivity contribution is 5.76. The Balaban J connectivity index is 1.51. The van der Waals surface area contributed by atoms with Crippen LogP contribution in [0.3, 0.4) is 0 Å². The van der Waals surface area contributed by atoms with Gasteiger partial charge in [-0.3, -0.25) is 9.88 Å². The minimum absolute atomic E-state index is 0.332. The Morgan fingerprint density at radius 2 is 1.81 bits per heavy atom. The van der Waals surface area contributed by atoms with Crippen molar-refractivity contribution in [1.82, 2.24) is 19.8 Å². The first-order valence-electron chi connectivity index (χ1n) is 8.89. The summed E-state index contributed by atoms with van der Waals surface area (Å²) in [6, 6.07) is 13.4. The highest BCUT2D eigenvalue weighted by Crippen LogP contribution is 2.25. The number of rotatable bonds is 4. The molecule has 1 aliphatic rings. The zero-order valence-corrected chi connectivity index (χ0v) is 14.9. The largest absolute Gasteiger partial charge is 0.508 e. The SMILES string of the molecule is CN1CCN(Cc2cc(Nc3cnc4ccccc4n3)ccc2O)CC1. The summed E-state index contributed by atoms with van der Waals surface area (Å²) in [5.41, 5.74) is 3.55. The van der Waals surface area contributed by atoms with Gasteiger partial charge in [0, 0.05) is 44.0 Å². The number of piperazine rings is 1. The highest BCUT2D eigenvalue weighted by atomic mass is 16.3. The number of hydrogen-bond donors (Lipinski definition) is 2. The van der Waals surface area contributed by atoms with Crippen LogP contribution in [0.4, 0.5) is 11.5 Å². The molecule has 4 rings (SSSR count). The number of hydrogen-bond acceptors (Lipinski definition) is 6. The molecule has 6 heteroatoms. The molecule has 0 amide bonds. The van der Waals surface area contributed by atoms with Crippen LogP contribution in [-0.2, 0) is 6.54 Å². The molecular weight excluding hydrogens is 326 g/mol. The number of anilines is 2. The van der Waals surface area contributed by atoms with Crippen molar-refractivity contribution in [1.29, 1.82) is 0 Å². The summed E-state index contributed by atoms with van der Waals surface area (Å²) in [6.07, 6.45) is 1.73. The van der Waals surface area contributed by atoms with Gasteiger partial charge in [0.05, 0.1) is 17.2 Å². The van der Waals surface area contributed by atoms with E-state index in [2.05, 4.69) is 32.1 Å². The van der Waals surface area contributed by atoms with Gasteiger partial charge >= 0.3 is 0 Å². The van der Waals surface area contributed by atoms with Crippen LogP contribution >= 0.6 is 0 Å². The number of aromatic nitrogens is 2. The van der Waals surface area contributed by atoms with Crippen molar-refractivity contribution in [2.75, 3.05) is 38.5 Å². The Morgan fingerprint density at radius 3 is 2.62 bits per heavy atom. The van der Waals surface area contributed by atoms with Crippen LogP contribution in [0.2, 0.25) is 0 Å². The second kappa shape index (κ2) is 7.27. The third kappa shape index (κ3) is 3.76. The van der Waals surface area contributed by atoms with Crippen LogP contribution in [0.5, 0.6) is 5.75 Å². The number of phenols is 1. The number of aromatic hydroxyl groups is 1. The minimum Gasteiger partial charge on any atom is -0.508 e. The van der Waals surface area contributed by atoms with E-state index in [1.165, 1.54) is 0 Å². The van der Waals surface area contributed by atoms with Crippen molar-refractivity contribution >= 4 is 22.5 Å². The molecule has 2 aromatic carbocycles. The molecule has 6 nitrogen and oxygen atoms in total. The molecule has 26 heavy (non-hydrogen) atoms. The normalized spacial score (nSPS) is 16.0. The number of likely N-dealkylation sites (N-methyl/N-ethyl adjacent to an activating group) is 1. The minimum atomic E-state index is 0.332. The van der Waals surface area contributed by atoms with E-state index in [9.17, 15) is 5.11 Å². The van der Waals surface area contributed by atoms with Gasteiger partial charge in [0.1, 0.15) is 11.6 Å². The molecule has 0 bridgehead atoms. The van der Waals surface area contributed by atoms with Gasteiger partial charge in [0.25, 0.3) is 0 Å². The lowest BCUT2D eigenvalue weighted by atomic mass is 10.1. The van der Waals surface area contributed by atoms with Crippen molar-refractivity contribution in [3.63, 3.8) is 0 Å². The molecule has 0 aliphatic carbocycles. The third-order valence-electron chi connectivity index (χ3n) is 4.79. The predicted octanol–water partition coefficient (Wildman–Crippen LogP) is 2.83. The van der Waals surface area contributed by atoms with E-state index in [0.717, 1.165) is 55.0 Å². The second-order valence-corrected chi connectivity index (χ2v) is 6.79. The molecule has 0 saturated carbocycles. The van der Waals surface area contributed by atoms with Crippen LogP contribution in [0.15, 0.2) is 48.7 Å². The Labute approximate surface area is 153 Å². The first-order chi connectivity index (χ1) is 12.7. The lowest BCUT2D eigenvalue weighted by molar-refractivity contribution is 0.147. The van der Waals surface area contributed by atoms with E-state index in [4.69, 9.17) is 0 Å². The number of phenolic OH excluding ortho intramolecular Hbond substituents is 1. The van der Waals surface area contributed by atoms with E-state index in [0.29, 0.717) is 11.6 Å². The van der Waals surface area contributed by atoms with Gasteiger partial charge in [0.2, 0.25) is 0 Å². The van der Waals surface area contributed by atoms with Crippen molar-refractivity contribution in [3.8, 4) is 5.75 Å². The fourth-order valence-corrected chi connectivity index (χ4v) is 3.20. The van der Waals surface area contributed by atoms with Crippen molar-refractivity contribution in [2.45, 2.75) is 6.54 Å². The molecule has 0 spiro atoms. The summed E-state index contributed by atoms with van der Waals surface area (Å²) in [4.78, 5) is 13.7. The highest BCUT2D eigenvalue weighted by Gasteiger charge is 2.15. The molecule has 0 unspecified atom stereocenters. The fraction of sp³-hybridized carbons (Fsp3) is 0.300. The van der Waals surface area contributed by atoms with Gasteiger partial charge < -0.3 is 15.3 Å². The quantitative estimate of drug-likeness (QED) is 0.706. The Bertz CT molecular complexity index is 906. The van der Waals surface area contributed by atoms with Crippen LogP contribution in [-0.4, -0.2) is 58.1 Å². The summed E-state index contributed by atoms with van der Waals surface area (Å²) < 4.78 is 0. The molecule has 3 aromatic rings. The number of para-hydroxylation sites is 2. The molecule has 2 heterocycles. The molecule has 1 fully saturated rings. The summed E-state index contributed by atoms with van der Waals surface area (Å²) in [6.45, 7) is 4.91. The van der Waals surface area contributed by atoms with Gasteiger partial charge in [-0.1, -0.05) is 12.1 Å². The average Bonchev–Trinajstić information content (AvgIpc) is 2.66. The first kappa shape index (κ1) is 16.8. The average molecular weight is 349 g/mol. The molecule has 2 N–H and O–H groups in total. The predicted molar refractivity (Wildman–Crippen MR) is 104 cm³/mol. The van der Waals surface area contributed by atoms with E-state index in [1.807, 2.05) is 36.4 Å². The lowest BCUT2D eigenvalue weighted by Crippen LogP contribution is -2.43. The standard InChI is InChI=1S/C20H23N5O/c1-24-8-10-25(11-9-24)14-15-12-16(6-7-19(15)26)22-20-13-21-17-4-2-3-5-18(17)23-20/h2-7,12-13,26H,8-11,14H2,1H3,(H,22,23). The van der Waals surface area contributed by atoms with Crippen LogP contribution in [0, 0.1) is 0 Å². The Kier molecular flexibility index (Phi) is 4.69. The topological polar surface area (TPSA) is 64.5 Å². The fourth-order valence-electron chi connectivity index (χ4n) is 3.20. The number of benzene rings is 2. The summed E-state index contributed by atoms with van der Waals surface area (Å²) in [7, 11) is 2.14. The monoisotopic (exact) mass is 349 g/mol. The van der Waals surface area contributed by atoms with Crippen molar-refractivity contribution < 1.29 is 5.11 Å². The van der Waals surface area contributed by atoms with E-state index in [1.54, 1.807) is 12.3 Å². The Hall–Kier alpha value is -2.70. The molecule has 0 radical (unpaired) electrons. The number of nitrogens with zero attached hydrogens (tertiary/aromatic N) is 4. The van der Waals surface area contributed by atoms with Crippen LogP contribution < -0.4 is 5.32 Å². The number of nitrogens with one attached hydrogen (secondary N) is 1. The van der Waals surface area contributed by atoms with Crippen molar-refractivity contribution in [2.24, 2.45) is 0 Å². The molecule has 134 valence electrons. The van der Waals surface area contributed by atoms with Gasteiger partial charge in [-0.25, -0.2) is 4.98 Å². The second-order valence-electron chi connectivity index (χ2n) is 6.79. The number of fused-ring (bicyclic) bond motifs is 1. The van der Waals surface area contributed by atoms with E-state index >= 15 is 0 Å². The molecule has 0 atom stereocenters. The van der Waals surface area contributed by atoms with Gasteiger partial charge in [-0.05, 0) is 37.4 Å². The maximum Gasteiger partial charge on any atom is 0.149 e. The summed E-state index contributed by atoms with van der Waals surface area (Å²) in [5, 5.41) is 13.5. The maximum absolute atomic E-state index is 10.2. The third-order valence-corrected chi connectivity index (χ3v) is 4.79. The molecule has 1 saturated heterocycles. The van der Waals surface area contributed by atoms with Crippen LogP contribution in [0.25, 0.3) is 11.0 Å². The molecular formula is C20H23N5O. The molecule has 1 aliphatic heterocycles. The zero-order valence-electron chi connectivity index (χ0n) is 14.9. The maximum atomic E-state index is 10.2. The van der Waals surface area contributed by atoms with Gasteiger partial charge in [-0.2, -0.15) is 0 Å². The lowest BCUT2D eigenvalue weighted by Gasteiger charge is -2.32. The van der Waals surface area contributed by atoms with E-state index < -0.39 is 0 Å². The summed E-state index contributed by atoms with van der Waals surface area (Å²) in [5.74, 6) is 1.03. The Morgan fingerprint density at radius 1 is 1.04 bits per heavy atom. The zero-order chi connectivity index (χ0) is 17.9. The van der Waals surface area contributed by atoms with Gasteiger partial charge in [0.15, 0.2) is 0 Å². The summed E-state index contributed by atoms with van der Waals surface area (Å²) >= 11 is 0. The van der Waals surface area contributed by atoms with Crippen LogP contribution in [0.1, 0.15) is 5.56 Å². The van der Waals surface area contributed by atoms with Crippen molar-refractivity contribution in [3.05, 3.63) is 54.2 Å². The smallest absolute Gasteiger partial charge is 0.149 e. The first-order valence-corrected chi connectivity index (χ1v) is 8.89.